The van der Waals surface area contributed by atoms with Crippen LogP contribution in [0.1, 0.15) is 11.1 Å². The molecule has 0 fully saturated rings. The first-order valence-electron chi connectivity index (χ1n) is 6.52. The number of aromatic hydroxyl groups is 1. The maximum Gasteiger partial charge on any atom is 0.178 e. The van der Waals surface area contributed by atoms with E-state index in [1.807, 2.05) is 24.3 Å². The van der Waals surface area contributed by atoms with Gasteiger partial charge in [-0.15, -0.1) is 0 Å². The Bertz CT molecular complexity index is 684. The van der Waals surface area contributed by atoms with Gasteiger partial charge in [0.2, 0.25) is 0 Å². The molecule has 0 saturated carbocycles. The molecule has 2 aromatic rings. The Morgan fingerprint density at radius 3 is 2.19 bits per heavy atom. The van der Waals surface area contributed by atoms with E-state index in [1.165, 1.54) is 12.2 Å². The summed E-state index contributed by atoms with van der Waals surface area (Å²) in [5.41, 5.74) is 1.45. The Labute approximate surface area is 123 Å². The van der Waals surface area contributed by atoms with Crippen LogP contribution in [0.25, 0.3) is 12.2 Å². The molecular weight excluding hydrogens is 264 g/mol. The molecule has 2 aromatic carbocycles. The lowest BCUT2D eigenvalue weighted by Gasteiger charge is -2.02. The summed E-state index contributed by atoms with van der Waals surface area (Å²) in [6, 6.07) is 14.3. The summed E-state index contributed by atoms with van der Waals surface area (Å²) in [5, 5.41) is 9.60. The third-order valence-corrected chi connectivity index (χ3v) is 2.93. The number of phenolic OH excluding ortho intramolecular Hbond substituents is 1. The second kappa shape index (κ2) is 7.10. The molecule has 0 bridgehead atoms. The Morgan fingerprint density at radius 2 is 1.52 bits per heavy atom. The van der Waals surface area contributed by atoms with Crippen LogP contribution in [0.4, 0.5) is 0 Å². The van der Waals surface area contributed by atoms with E-state index in [2.05, 4.69) is 0 Å². The molecule has 106 valence electrons. The maximum atomic E-state index is 11.8. The fraction of sp³-hybridized carbons (Fsp3) is 0.0556. The van der Waals surface area contributed by atoms with E-state index in [1.54, 1.807) is 43.5 Å². The topological polar surface area (TPSA) is 46.5 Å². The lowest BCUT2D eigenvalue weighted by atomic mass is 10.1. The van der Waals surface area contributed by atoms with Gasteiger partial charge in [0.15, 0.2) is 5.78 Å². The van der Waals surface area contributed by atoms with Gasteiger partial charge >= 0.3 is 0 Å². The number of rotatable bonds is 5. The van der Waals surface area contributed by atoms with Crippen molar-refractivity contribution in [2.45, 2.75) is 0 Å². The molecule has 0 aliphatic carbocycles. The molecule has 1 N–H and O–H groups in total. The average molecular weight is 280 g/mol. The van der Waals surface area contributed by atoms with Gasteiger partial charge < -0.3 is 9.84 Å². The Balaban J connectivity index is 2.08. The van der Waals surface area contributed by atoms with E-state index >= 15 is 0 Å². The summed E-state index contributed by atoms with van der Waals surface area (Å²) in [4.78, 5) is 11.8. The van der Waals surface area contributed by atoms with Crippen molar-refractivity contribution in [2.24, 2.45) is 0 Å². The first-order valence-corrected chi connectivity index (χ1v) is 6.52. The number of carbonyl (C=O) groups is 1. The number of para-hydroxylation sites is 2. The number of hydrogen-bond donors (Lipinski definition) is 1. The van der Waals surface area contributed by atoms with E-state index in [4.69, 9.17) is 4.74 Å². The predicted octanol–water partition coefficient (Wildman–Crippen LogP) is 3.70. The zero-order valence-electron chi connectivity index (χ0n) is 11.7. The van der Waals surface area contributed by atoms with Crippen LogP contribution in [-0.2, 0) is 4.79 Å². The van der Waals surface area contributed by atoms with Crippen molar-refractivity contribution in [3.05, 3.63) is 71.8 Å². The second-order valence-corrected chi connectivity index (χ2v) is 4.37. The molecule has 3 heteroatoms. The predicted molar refractivity (Wildman–Crippen MR) is 84.2 cm³/mol. The van der Waals surface area contributed by atoms with E-state index in [0.29, 0.717) is 11.3 Å². The number of methoxy groups -OCH3 is 1. The number of benzene rings is 2. The van der Waals surface area contributed by atoms with Crippen LogP contribution < -0.4 is 4.74 Å². The number of phenols is 1. The van der Waals surface area contributed by atoms with Crippen LogP contribution in [0.2, 0.25) is 0 Å². The van der Waals surface area contributed by atoms with Gasteiger partial charge in [-0.3, -0.25) is 4.79 Å². The maximum absolute atomic E-state index is 11.8. The van der Waals surface area contributed by atoms with E-state index in [0.717, 1.165) is 5.56 Å². The van der Waals surface area contributed by atoms with Crippen LogP contribution in [-0.4, -0.2) is 18.0 Å². The minimum Gasteiger partial charge on any atom is -0.507 e. The molecule has 3 nitrogen and oxygen atoms in total. The van der Waals surface area contributed by atoms with Gasteiger partial charge in [0.1, 0.15) is 11.5 Å². The van der Waals surface area contributed by atoms with Crippen molar-refractivity contribution in [3.63, 3.8) is 0 Å². The van der Waals surface area contributed by atoms with Crippen molar-refractivity contribution >= 4 is 17.9 Å². The van der Waals surface area contributed by atoms with Gasteiger partial charge in [0.05, 0.1) is 7.11 Å². The van der Waals surface area contributed by atoms with Crippen LogP contribution in [0.15, 0.2) is 60.7 Å². The van der Waals surface area contributed by atoms with Crippen LogP contribution in [0.3, 0.4) is 0 Å². The van der Waals surface area contributed by atoms with E-state index in [-0.39, 0.29) is 11.5 Å². The van der Waals surface area contributed by atoms with Crippen molar-refractivity contribution in [1.82, 2.24) is 0 Å². The fourth-order valence-corrected chi connectivity index (χ4v) is 1.83. The van der Waals surface area contributed by atoms with Gasteiger partial charge in [-0.25, -0.2) is 0 Å². The number of ether oxygens (including phenoxy) is 1. The van der Waals surface area contributed by atoms with Crippen molar-refractivity contribution in [3.8, 4) is 11.5 Å². The molecule has 0 unspecified atom stereocenters. The first-order chi connectivity index (χ1) is 10.2. The van der Waals surface area contributed by atoms with E-state index in [9.17, 15) is 9.90 Å². The normalized spacial score (nSPS) is 11.1. The highest BCUT2D eigenvalue weighted by Gasteiger charge is 1.98. The third kappa shape index (κ3) is 4.08. The average Bonchev–Trinajstić information content (AvgIpc) is 2.52. The lowest BCUT2D eigenvalue weighted by molar-refractivity contribution is -0.110. The minimum absolute atomic E-state index is 0.148. The lowest BCUT2D eigenvalue weighted by Crippen LogP contribution is -1.88. The monoisotopic (exact) mass is 280 g/mol. The molecule has 0 spiro atoms. The summed E-state index contributed by atoms with van der Waals surface area (Å²) in [6.45, 7) is 0. The summed E-state index contributed by atoms with van der Waals surface area (Å²) in [5.74, 6) is 0.700. The number of ketones is 1. The summed E-state index contributed by atoms with van der Waals surface area (Å²) >= 11 is 0. The van der Waals surface area contributed by atoms with E-state index < -0.39 is 0 Å². The SMILES string of the molecule is COc1ccccc1/C=C/C(=O)/C=C\c1ccccc1O. The smallest absolute Gasteiger partial charge is 0.178 e. The van der Waals surface area contributed by atoms with Gasteiger partial charge in [0.25, 0.3) is 0 Å². The fourth-order valence-electron chi connectivity index (χ4n) is 1.83. The molecule has 0 radical (unpaired) electrons. The summed E-state index contributed by atoms with van der Waals surface area (Å²) in [6.07, 6.45) is 6.18. The molecule has 0 heterocycles. The van der Waals surface area contributed by atoms with Gasteiger partial charge in [-0.05, 0) is 36.4 Å². The largest absolute Gasteiger partial charge is 0.507 e. The number of hydrogen-bond acceptors (Lipinski definition) is 3. The highest BCUT2D eigenvalue weighted by molar-refractivity contribution is 6.04. The van der Waals surface area contributed by atoms with Crippen molar-refractivity contribution in [1.29, 1.82) is 0 Å². The van der Waals surface area contributed by atoms with Crippen molar-refractivity contribution in [2.75, 3.05) is 7.11 Å². The molecule has 0 aliphatic heterocycles. The molecular formula is C18H16O3. The second-order valence-electron chi connectivity index (χ2n) is 4.37. The van der Waals surface area contributed by atoms with Crippen molar-refractivity contribution < 1.29 is 14.6 Å². The highest BCUT2D eigenvalue weighted by Crippen LogP contribution is 2.19. The summed E-state index contributed by atoms with van der Waals surface area (Å²) < 4.78 is 5.21. The minimum atomic E-state index is -0.163. The molecule has 0 amide bonds. The quantitative estimate of drug-likeness (QED) is 0.849. The van der Waals surface area contributed by atoms with Gasteiger partial charge in [-0.1, -0.05) is 36.4 Å². The Kier molecular flexibility index (Phi) is 4.94. The third-order valence-electron chi connectivity index (χ3n) is 2.93. The molecule has 0 aromatic heterocycles. The number of carbonyl (C=O) groups excluding carboxylic acids is 1. The van der Waals surface area contributed by atoms with Crippen LogP contribution in [0, 0.1) is 0 Å². The molecule has 0 atom stereocenters. The Hall–Kier alpha value is -2.81. The van der Waals surface area contributed by atoms with Crippen LogP contribution in [0.5, 0.6) is 11.5 Å². The first kappa shape index (κ1) is 14.6. The Morgan fingerprint density at radius 1 is 0.952 bits per heavy atom. The highest BCUT2D eigenvalue weighted by atomic mass is 16.5. The molecule has 0 saturated heterocycles. The summed E-state index contributed by atoms with van der Waals surface area (Å²) in [7, 11) is 1.59. The van der Waals surface area contributed by atoms with Gasteiger partial charge in [0, 0.05) is 11.1 Å². The van der Waals surface area contributed by atoms with Gasteiger partial charge in [-0.2, -0.15) is 0 Å². The zero-order chi connectivity index (χ0) is 15.1. The standard InChI is InChI=1S/C18H16O3/c1-21-18-9-5-3-7-15(18)11-13-16(19)12-10-14-6-2-4-8-17(14)20/h2-13,20H,1H3/b12-10-,13-11+. The molecule has 2 rings (SSSR count). The number of allylic oxidation sites excluding steroid dienone is 2. The molecule has 0 aliphatic rings. The zero-order valence-corrected chi connectivity index (χ0v) is 11.7. The molecule has 21 heavy (non-hydrogen) atoms. The van der Waals surface area contributed by atoms with Crippen LogP contribution >= 0.6 is 0 Å².